The van der Waals surface area contributed by atoms with Gasteiger partial charge in [0.05, 0.1) is 18.1 Å². The summed E-state index contributed by atoms with van der Waals surface area (Å²) in [6, 6.07) is 24.6. The van der Waals surface area contributed by atoms with E-state index in [4.69, 9.17) is 23.7 Å². The summed E-state index contributed by atoms with van der Waals surface area (Å²) >= 11 is 0. The summed E-state index contributed by atoms with van der Waals surface area (Å²) in [5.74, 6) is 0.335. The summed E-state index contributed by atoms with van der Waals surface area (Å²) in [6.45, 7) is 0.445. The molecule has 0 aromatic heterocycles. The number of benzene rings is 3. The van der Waals surface area contributed by atoms with E-state index in [0.29, 0.717) is 5.75 Å². The van der Waals surface area contributed by atoms with Crippen LogP contribution in [0, 0.1) is 10.1 Å². The highest BCUT2D eigenvalue weighted by molar-refractivity contribution is 5.36. The number of nitrogens with zero attached hydrogens (tertiary/aromatic N) is 1. The molecule has 2 heterocycles. The summed E-state index contributed by atoms with van der Waals surface area (Å²) in [6.07, 6.45) is -4.94. The normalized spacial score (nSPS) is 28.1. The molecule has 2 fully saturated rings. The Hall–Kier alpha value is -3.34. The van der Waals surface area contributed by atoms with E-state index < -0.39 is 41.9 Å². The molecule has 0 bridgehead atoms. The molecular weight excluding hydrogens is 454 g/mol. The molecule has 35 heavy (non-hydrogen) atoms. The van der Waals surface area contributed by atoms with Crippen molar-refractivity contribution in [2.24, 2.45) is 0 Å². The zero-order valence-electron chi connectivity index (χ0n) is 18.7. The predicted molar refractivity (Wildman–Crippen MR) is 123 cm³/mol. The molecule has 0 aliphatic carbocycles. The van der Waals surface area contributed by atoms with E-state index in [-0.39, 0.29) is 18.9 Å². The lowest BCUT2D eigenvalue weighted by atomic mass is 9.97. The Kier molecular flexibility index (Phi) is 7.03. The second kappa shape index (κ2) is 10.5. The molecule has 182 valence electrons. The minimum absolute atomic E-state index is 0.0619. The minimum atomic E-state index is -1.11. The minimum Gasteiger partial charge on any atom is -0.482 e. The first-order valence-corrected chi connectivity index (χ1v) is 11.3. The monoisotopic (exact) mass is 479 g/mol. The molecular formula is C26H25NO8. The van der Waals surface area contributed by atoms with Crippen molar-refractivity contribution in [3.8, 4) is 5.75 Å². The third kappa shape index (κ3) is 5.34. The van der Waals surface area contributed by atoms with Crippen LogP contribution in [0.3, 0.4) is 0 Å². The molecule has 9 heteroatoms. The Bertz CT molecular complexity index is 1110. The molecule has 0 amide bonds. The average Bonchev–Trinajstić information content (AvgIpc) is 2.90. The van der Waals surface area contributed by atoms with E-state index in [1.165, 1.54) is 24.3 Å². The van der Waals surface area contributed by atoms with Crippen molar-refractivity contribution in [1.82, 2.24) is 0 Å². The molecule has 3 aromatic carbocycles. The van der Waals surface area contributed by atoms with Gasteiger partial charge in [-0.05, 0) is 17.7 Å². The number of rotatable bonds is 7. The largest absolute Gasteiger partial charge is 0.482 e. The van der Waals surface area contributed by atoms with Gasteiger partial charge in [0, 0.05) is 17.7 Å². The van der Waals surface area contributed by atoms with Gasteiger partial charge in [0.15, 0.2) is 18.7 Å². The lowest BCUT2D eigenvalue weighted by molar-refractivity contribution is -0.384. The second-order valence-electron chi connectivity index (χ2n) is 8.34. The van der Waals surface area contributed by atoms with Crippen LogP contribution in [0.2, 0.25) is 0 Å². The van der Waals surface area contributed by atoms with E-state index in [1.807, 2.05) is 60.7 Å². The Morgan fingerprint density at radius 1 is 0.943 bits per heavy atom. The highest BCUT2D eigenvalue weighted by Gasteiger charge is 2.51. The van der Waals surface area contributed by atoms with Crippen molar-refractivity contribution < 1.29 is 33.7 Å². The Morgan fingerprint density at radius 3 is 2.31 bits per heavy atom. The van der Waals surface area contributed by atoms with Crippen LogP contribution in [0.4, 0.5) is 5.69 Å². The number of fused-ring (bicyclic) bond motifs is 1. The first-order valence-electron chi connectivity index (χ1n) is 11.3. The van der Waals surface area contributed by atoms with Crippen molar-refractivity contribution in [1.29, 1.82) is 0 Å². The number of hydrogen-bond acceptors (Lipinski definition) is 8. The van der Waals surface area contributed by atoms with Gasteiger partial charge in [-0.3, -0.25) is 10.1 Å². The molecule has 3 aromatic rings. The van der Waals surface area contributed by atoms with Gasteiger partial charge in [-0.1, -0.05) is 60.7 Å². The molecule has 6 atom stereocenters. The lowest BCUT2D eigenvalue weighted by Crippen LogP contribution is -2.63. The van der Waals surface area contributed by atoms with Gasteiger partial charge >= 0.3 is 0 Å². The van der Waals surface area contributed by atoms with Gasteiger partial charge in [-0.15, -0.1) is 0 Å². The number of nitro benzene ring substituents is 1. The van der Waals surface area contributed by atoms with Gasteiger partial charge in [0.25, 0.3) is 5.69 Å². The lowest BCUT2D eigenvalue weighted by Gasteiger charge is -2.47. The number of ether oxygens (including phenoxy) is 5. The van der Waals surface area contributed by atoms with Crippen LogP contribution in [0.15, 0.2) is 84.9 Å². The molecule has 2 aliphatic heterocycles. The van der Waals surface area contributed by atoms with E-state index in [1.54, 1.807) is 0 Å². The van der Waals surface area contributed by atoms with Crippen molar-refractivity contribution in [3.63, 3.8) is 0 Å². The van der Waals surface area contributed by atoms with Gasteiger partial charge in [-0.25, -0.2) is 0 Å². The number of aliphatic hydroxyl groups excluding tert-OH is 1. The quantitative estimate of drug-likeness (QED) is 0.403. The van der Waals surface area contributed by atoms with Crippen LogP contribution in [0.5, 0.6) is 5.75 Å². The van der Waals surface area contributed by atoms with Crippen molar-refractivity contribution >= 4 is 5.69 Å². The zero-order chi connectivity index (χ0) is 24.2. The SMILES string of the molecule is O=[N+]([O-])c1ccc(OC2C(O)[C@@H]3OC(c4ccccc4)OCC3O[C@@H]2OCc2ccccc2)cc1. The Morgan fingerprint density at radius 2 is 1.63 bits per heavy atom. The molecule has 0 saturated carbocycles. The fourth-order valence-corrected chi connectivity index (χ4v) is 4.16. The summed E-state index contributed by atoms with van der Waals surface area (Å²) in [5, 5.41) is 22.3. The van der Waals surface area contributed by atoms with Gasteiger partial charge in [0.2, 0.25) is 0 Å². The fourth-order valence-electron chi connectivity index (χ4n) is 4.16. The van der Waals surface area contributed by atoms with Crippen molar-refractivity contribution in [3.05, 3.63) is 106 Å². The predicted octanol–water partition coefficient (Wildman–Crippen LogP) is 3.76. The van der Waals surface area contributed by atoms with E-state index in [9.17, 15) is 15.2 Å². The first-order chi connectivity index (χ1) is 17.1. The first kappa shape index (κ1) is 23.4. The van der Waals surface area contributed by atoms with Crippen LogP contribution in [-0.4, -0.2) is 47.3 Å². The number of aliphatic hydroxyl groups is 1. The average molecular weight is 479 g/mol. The van der Waals surface area contributed by atoms with E-state index in [2.05, 4.69) is 0 Å². The molecule has 2 aliphatic rings. The third-order valence-electron chi connectivity index (χ3n) is 5.96. The Labute approximate surface area is 201 Å². The number of hydrogen-bond donors (Lipinski definition) is 1. The van der Waals surface area contributed by atoms with E-state index in [0.717, 1.165) is 11.1 Å². The van der Waals surface area contributed by atoms with Crippen molar-refractivity contribution in [2.45, 2.75) is 43.6 Å². The maximum absolute atomic E-state index is 11.3. The summed E-state index contributed by atoms with van der Waals surface area (Å²) in [5.41, 5.74) is 1.70. The summed E-state index contributed by atoms with van der Waals surface area (Å²) in [4.78, 5) is 10.5. The number of non-ortho nitro benzene ring substituents is 1. The van der Waals surface area contributed by atoms with Crippen LogP contribution >= 0.6 is 0 Å². The standard InChI is InChI=1S/C26H25NO8/c28-22-23-21(16-32-25(35-23)18-9-5-2-6-10-18)34-26(31-15-17-7-3-1-4-8-17)24(22)33-20-13-11-19(12-14-20)27(29)30/h1-14,21-26,28H,15-16H2/t21?,22?,23-,24?,25?,26+/m1/s1. The van der Waals surface area contributed by atoms with Crippen LogP contribution in [-0.2, 0) is 25.6 Å². The van der Waals surface area contributed by atoms with Crippen molar-refractivity contribution in [2.75, 3.05) is 6.61 Å². The summed E-state index contributed by atoms with van der Waals surface area (Å²) < 4.78 is 30.2. The van der Waals surface area contributed by atoms with E-state index >= 15 is 0 Å². The Balaban J connectivity index is 1.35. The molecule has 0 radical (unpaired) electrons. The van der Waals surface area contributed by atoms with Crippen LogP contribution in [0.25, 0.3) is 0 Å². The number of nitro groups is 1. The molecule has 2 saturated heterocycles. The zero-order valence-corrected chi connectivity index (χ0v) is 18.7. The molecule has 5 rings (SSSR count). The molecule has 0 spiro atoms. The highest BCUT2D eigenvalue weighted by atomic mass is 16.8. The topological polar surface area (TPSA) is 110 Å². The summed E-state index contributed by atoms with van der Waals surface area (Å²) in [7, 11) is 0. The maximum atomic E-state index is 11.3. The molecule has 9 nitrogen and oxygen atoms in total. The highest BCUT2D eigenvalue weighted by Crippen LogP contribution is 2.36. The maximum Gasteiger partial charge on any atom is 0.269 e. The molecule has 1 N–H and O–H groups in total. The van der Waals surface area contributed by atoms with Gasteiger partial charge in [-0.2, -0.15) is 0 Å². The van der Waals surface area contributed by atoms with Gasteiger partial charge in [0.1, 0.15) is 24.1 Å². The van der Waals surface area contributed by atoms with Gasteiger partial charge < -0.3 is 28.8 Å². The second-order valence-corrected chi connectivity index (χ2v) is 8.34. The third-order valence-corrected chi connectivity index (χ3v) is 5.96. The smallest absolute Gasteiger partial charge is 0.269 e. The van der Waals surface area contributed by atoms with Crippen LogP contribution < -0.4 is 4.74 Å². The van der Waals surface area contributed by atoms with Crippen LogP contribution in [0.1, 0.15) is 17.4 Å². The fraction of sp³-hybridized carbons (Fsp3) is 0.308. The molecule has 4 unspecified atom stereocenters.